The van der Waals surface area contributed by atoms with Crippen LogP contribution in [0.25, 0.3) is 0 Å². The van der Waals surface area contributed by atoms with Gasteiger partial charge in [0.2, 0.25) is 0 Å². The van der Waals surface area contributed by atoms with Crippen molar-refractivity contribution in [2.75, 3.05) is 13.1 Å². The molecule has 0 aromatic heterocycles. The Labute approximate surface area is 151 Å². The van der Waals surface area contributed by atoms with Crippen LogP contribution in [-0.4, -0.2) is 18.9 Å². The number of carbonyl (C=O) groups excluding carboxylic acids is 1. The van der Waals surface area contributed by atoms with Crippen molar-refractivity contribution in [3.8, 4) is 0 Å². The Balaban J connectivity index is 3.06. The lowest BCUT2D eigenvalue weighted by atomic mass is 10.1. The van der Waals surface area contributed by atoms with E-state index in [1.54, 1.807) is 6.92 Å². The molecular weight excluding hydrogens is 294 g/mol. The number of carbonyl (C=O) groups is 1. The van der Waals surface area contributed by atoms with Gasteiger partial charge in [-0.3, -0.25) is 4.79 Å². The molecule has 0 aliphatic heterocycles. The van der Waals surface area contributed by atoms with Crippen LogP contribution in [0.3, 0.4) is 0 Å². The fourth-order valence-electron chi connectivity index (χ4n) is 2.89. The number of unbranched alkanes of at least 4 members (excludes halogenated alkanes) is 12. The zero-order valence-electron chi connectivity index (χ0n) is 16.6. The average Bonchev–Trinajstić information content (AvgIpc) is 2.56. The van der Waals surface area contributed by atoms with E-state index in [0.717, 1.165) is 13.1 Å². The first kappa shape index (κ1) is 23.4. The second kappa shape index (κ2) is 20.4. The first-order chi connectivity index (χ1) is 11.8. The zero-order valence-corrected chi connectivity index (χ0v) is 16.6. The summed E-state index contributed by atoms with van der Waals surface area (Å²) in [6, 6.07) is 0. The predicted octanol–water partition coefficient (Wildman–Crippen LogP) is 6.59. The lowest BCUT2D eigenvalue weighted by Crippen LogP contribution is -2.18. The minimum Gasteiger partial charge on any atom is -0.316 e. The molecule has 0 amide bonds. The van der Waals surface area contributed by atoms with E-state index < -0.39 is 0 Å². The Kier molecular flexibility index (Phi) is 19.9. The molecule has 0 rings (SSSR count). The number of allylic oxidation sites excluding steroid dienone is 2. The Hall–Kier alpha value is -0.630. The van der Waals surface area contributed by atoms with E-state index in [1.165, 1.54) is 89.9 Å². The maximum Gasteiger partial charge on any atom is 0.131 e. The average molecular weight is 338 g/mol. The number of hydrogen-bond donors (Lipinski definition) is 1. The van der Waals surface area contributed by atoms with Crippen LogP contribution in [0.15, 0.2) is 12.2 Å². The predicted molar refractivity (Wildman–Crippen MR) is 108 cm³/mol. The van der Waals surface area contributed by atoms with Gasteiger partial charge >= 0.3 is 0 Å². The quantitative estimate of drug-likeness (QED) is 0.213. The number of Topliss-reactive ketones (excluding diaryl/α,β-unsaturated/α-hetero) is 1. The first-order valence-electron chi connectivity index (χ1n) is 10.6. The molecule has 0 saturated carbocycles. The largest absolute Gasteiger partial charge is 0.316 e. The van der Waals surface area contributed by atoms with Gasteiger partial charge in [0.05, 0.1) is 0 Å². The van der Waals surface area contributed by atoms with E-state index >= 15 is 0 Å². The molecule has 2 heteroatoms. The minimum atomic E-state index is 0.281. The van der Waals surface area contributed by atoms with Crippen LogP contribution in [-0.2, 0) is 4.79 Å². The van der Waals surface area contributed by atoms with Crippen LogP contribution in [0.1, 0.15) is 110 Å². The summed E-state index contributed by atoms with van der Waals surface area (Å²) in [6.07, 6.45) is 24.4. The molecule has 0 aliphatic carbocycles. The standard InChI is InChI=1S/C22H43NO/c1-3-4-5-6-7-8-9-10-11-12-13-14-15-16-17-18-20-23-21-19-22(2)24/h10-11,23H,3-9,12-21H2,1-2H3/b11-10-. The van der Waals surface area contributed by atoms with Gasteiger partial charge in [0, 0.05) is 13.0 Å². The molecule has 0 atom stereocenters. The highest BCUT2D eigenvalue weighted by atomic mass is 16.1. The second-order valence-electron chi connectivity index (χ2n) is 7.14. The van der Waals surface area contributed by atoms with Crippen LogP contribution in [0, 0.1) is 0 Å². The highest BCUT2D eigenvalue weighted by molar-refractivity contribution is 5.75. The Morgan fingerprint density at radius 1 is 0.708 bits per heavy atom. The van der Waals surface area contributed by atoms with Crippen molar-refractivity contribution in [1.29, 1.82) is 0 Å². The van der Waals surface area contributed by atoms with Crippen molar-refractivity contribution in [3.63, 3.8) is 0 Å². The minimum absolute atomic E-state index is 0.281. The maximum absolute atomic E-state index is 10.8. The lowest BCUT2D eigenvalue weighted by Gasteiger charge is -2.03. The molecule has 0 saturated heterocycles. The van der Waals surface area contributed by atoms with Crippen LogP contribution in [0.5, 0.6) is 0 Å². The number of nitrogens with one attached hydrogen (secondary N) is 1. The highest BCUT2D eigenvalue weighted by Gasteiger charge is 1.94. The van der Waals surface area contributed by atoms with Gasteiger partial charge in [0.25, 0.3) is 0 Å². The third-order valence-corrected chi connectivity index (χ3v) is 4.52. The molecule has 0 unspecified atom stereocenters. The molecule has 0 spiro atoms. The number of hydrogen-bond acceptors (Lipinski definition) is 2. The van der Waals surface area contributed by atoms with Gasteiger partial charge in [-0.2, -0.15) is 0 Å². The monoisotopic (exact) mass is 337 g/mol. The van der Waals surface area contributed by atoms with E-state index in [9.17, 15) is 4.79 Å². The van der Waals surface area contributed by atoms with Crippen LogP contribution >= 0.6 is 0 Å². The summed E-state index contributed by atoms with van der Waals surface area (Å²) < 4.78 is 0. The van der Waals surface area contributed by atoms with Crippen LogP contribution < -0.4 is 5.32 Å². The molecule has 0 aromatic rings. The highest BCUT2D eigenvalue weighted by Crippen LogP contribution is 2.09. The van der Waals surface area contributed by atoms with E-state index in [-0.39, 0.29) is 5.78 Å². The second-order valence-corrected chi connectivity index (χ2v) is 7.14. The van der Waals surface area contributed by atoms with E-state index in [4.69, 9.17) is 0 Å². The summed E-state index contributed by atoms with van der Waals surface area (Å²) in [7, 11) is 0. The third-order valence-electron chi connectivity index (χ3n) is 4.52. The SMILES string of the molecule is CCCCCCCC/C=C\CCCCCCCCNCCC(C)=O. The summed E-state index contributed by atoms with van der Waals surface area (Å²) in [5.41, 5.74) is 0. The van der Waals surface area contributed by atoms with Crippen LogP contribution in [0.4, 0.5) is 0 Å². The van der Waals surface area contributed by atoms with Crippen molar-refractivity contribution in [2.24, 2.45) is 0 Å². The Morgan fingerprint density at radius 2 is 1.21 bits per heavy atom. The van der Waals surface area contributed by atoms with Crippen molar-refractivity contribution in [3.05, 3.63) is 12.2 Å². The van der Waals surface area contributed by atoms with Crippen LogP contribution in [0.2, 0.25) is 0 Å². The lowest BCUT2D eigenvalue weighted by molar-refractivity contribution is -0.116. The normalized spacial score (nSPS) is 11.4. The van der Waals surface area contributed by atoms with Gasteiger partial charge in [-0.25, -0.2) is 0 Å². The first-order valence-corrected chi connectivity index (χ1v) is 10.6. The molecule has 0 radical (unpaired) electrons. The summed E-state index contributed by atoms with van der Waals surface area (Å²) >= 11 is 0. The molecule has 1 N–H and O–H groups in total. The summed E-state index contributed by atoms with van der Waals surface area (Å²) in [6.45, 7) is 5.85. The summed E-state index contributed by atoms with van der Waals surface area (Å²) in [4.78, 5) is 10.8. The van der Waals surface area contributed by atoms with Crippen molar-refractivity contribution in [1.82, 2.24) is 5.32 Å². The molecule has 0 aliphatic rings. The van der Waals surface area contributed by atoms with Gasteiger partial charge in [-0.1, -0.05) is 76.9 Å². The van der Waals surface area contributed by atoms with E-state index in [1.807, 2.05) is 0 Å². The fourth-order valence-corrected chi connectivity index (χ4v) is 2.89. The van der Waals surface area contributed by atoms with E-state index in [2.05, 4.69) is 24.4 Å². The number of ketones is 1. The Morgan fingerprint density at radius 3 is 1.75 bits per heavy atom. The fraction of sp³-hybridized carbons (Fsp3) is 0.864. The van der Waals surface area contributed by atoms with Gasteiger partial charge in [0.1, 0.15) is 5.78 Å². The zero-order chi connectivity index (χ0) is 17.7. The molecule has 24 heavy (non-hydrogen) atoms. The topological polar surface area (TPSA) is 29.1 Å². The Bertz CT molecular complexity index is 286. The van der Waals surface area contributed by atoms with Crippen molar-refractivity contribution >= 4 is 5.78 Å². The maximum atomic E-state index is 10.8. The third kappa shape index (κ3) is 21.4. The molecule has 0 fully saturated rings. The molecule has 2 nitrogen and oxygen atoms in total. The van der Waals surface area contributed by atoms with Gasteiger partial charge in [-0.15, -0.1) is 0 Å². The van der Waals surface area contributed by atoms with Gasteiger partial charge in [0.15, 0.2) is 0 Å². The van der Waals surface area contributed by atoms with Gasteiger partial charge < -0.3 is 5.32 Å². The van der Waals surface area contributed by atoms with Crippen molar-refractivity contribution < 1.29 is 4.79 Å². The molecule has 0 aromatic carbocycles. The van der Waals surface area contributed by atoms with Gasteiger partial charge in [-0.05, 0) is 45.6 Å². The molecule has 142 valence electrons. The molecular formula is C22H43NO. The summed E-state index contributed by atoms with van der Waals surface area (Å²) in [5.74, 6) is 0.281. The number of rotatable bonds is 19. The van der Waals surface area contributed by atoms with E-state index in [0.29, 0.717) is 6.42 Å². The molecule has 0 heterocycles. The summed E-state index contributed by atoms with van der Waals surface area (Å²) in [5, 5.41) is 3.34. The molecule has 0 bridgehead atoms. The van der Waals surface area contributed by atoms with Crippen molar-refractivity contribution in [2.45, 2.75) is 110 Å². The smallest absolute Gasteiger partial charge is 0.131 e.